The molecule has 10 heteroatoms. The molecule has 1 aliphatic rings. The van der Waals surface area contributed by atoms with E-state index in [4.69, 9.17) is 0 Å². The quantitative estimate of drug-likeness (QED) is 0.314. The molecule has 0 spiro atoms. The Bertz CT molecular complexity index is 559. The van der Waals surface area contributed by atoms with Gasteiger partial charge < -0.3 is 20.4 Å². The molecular formula is C20H36F3N5O2. The summed E-state index contributed by atoms with van der Waals surface area (Å²) < 4.78 is 36.5. The first-order valence-electron chi connectivity index (χ1n) is 10.7. The lowest BCUT2D eigenvalue weighted by atomic mass is 10.1. The second-order valence-electron chi connectivity index (χ2n) is 7.96. The van der Waals surface area contributed by atoms with Crippen molar-refractivity contribution in [1.82, 2.24) is 20.4 Å². The topological polar surface area (TPSA) is 77.0 Å². The van der Waals surface area contributed by atoms with Crippen LogP contribution >= 0.6 is 0 Å². The number of halogens is 3. The molecule has 1 aliphatic heterocycles. The van der Waals surface area contributed by atoms with Crippen molar-refractivity contribution >= 4 is 17.8 Å². The van der Waals surface area contributed by atoms with Crippen LogP contribution in [0.1, 0.15) is 52.4 Å². The van der Waals surface area contributed by atoms with Crippen LogP contribution < -0.4 is 10.6 Å². The number of nitrogens with one attached hydrogen (secondary N) is 2. The van der Waals surface area contributed by atoms with E-state index in [9.17, 15) is 22.8 Å². The number of aliphatic imine (C=N–C) groups is 1. The summed E-state index contributed by atoms with van der Waals surface area (Å²) in [4.78, 5) is 32.0. The van der Waals surface area contributed by atoms with Crippen LogP contribution in [0, 0.1) is 5.92 Å². The van der Waals surface area contributed by atoms with Crippen molar-refractivity contribution in [3.8, 4) is 0 Å². The van der Waals surface area contributed by atoms with Crippen molar-refractivity contribution < 1.29 is 22.8 Å². The molecule has 0 unspecified atom stereocenters. The first-order chi connectivity index (χ1) is 14.1. The zero-order valence-electron chi connectivity index (χ0n) is 18.4. The van der Waals surface area contributed by atoms with Crippen LogP contribution in [-0.4, -0.2) is 80.1 Å². The smallest absolute Gasteiger partial charge is 0.356 e. The van der Waals surface area contributed by atoms with E-state index in [0.29, 0.717) is 57.4 Å². The predicted octanol–water partition coefficient (Wildman–Crippen LogP) is 2.38. The average Bonchev–Trinajstić information content (AvgIpc) is 2.67. The molecule has 7 nitrogen and oxygen atoms in total. The fourth-order valence-corrected chi connectivity index (χ4v) is 3.17. The van der Waals surface area contributed by atoms with Gasteiger partial charge in [-0.3, -0.25) is 14.6 Å². The van der Waals surface area contributed by atoms with Crippen molar-refractivity contribution in [1.29, 1.82) is 0 Å². The van der Waals surface area contributed by atoms with Crippen LogP contribution in [0.4, 0.5) is 13.2 Å². The maximum absolute atomic E-state index is 12.3. The summed E-state index contributed by atoms with van der Waals surface area (Å²) >= 11 is 0. The van der Waals surface area contributed by atoms with Crippen molar-refractivity contribution in [3.63, 3.8) is 0 Å². The van der Waals surface area contributed by atoms with Gasteiger partial charge in [0.25, 0.3) is 0 Å². The summed E-state index contributed by atoms with van der Waals surface area (Å²) in [6.45, 7) is 6.78. The first kappa shape index (κ1) is 26.0. The van der Waals surface area contributed by atoms with Crippen LogP contribution in [-0.2, 0) is 9.59 Å². The summed E-state index contributed by atoms with van der Waals surface area (Å²) in [5, 5.41) is 5.60. The molecule has 1 rings (SSSR count). The Hall–Kier alpha value is -2.00. The summed E-state index contributed by atoms with van der Waals surface area (Å²) in [5.41, 5.74) is 0. The van der Waals surface area contributed by atoms with E-state index in [1.807, 2.05) is 23.6 Å². The molecule has 0 aromatic carbocycles. The van der Waals surface area contributed by atoms with Gasteiger partial charge in [0, 0.05) is 59.2 Å². The zero-order chi connectivity index (χ0) is 22.6. The maximum Gasteiger partial charge on any atom is 0.390 e. The van der Waals surface area contributed by atoms with Gasteiger partial charge >= 0.3 is 6.18 Å². The first-order valence-corrected chi connectivity index (χ1v) is 10.7. The molecule has 0 atom stereocenters. The average molecular weight is 436 g/mol. The van der Waals surface area contributed by atoms with Gasteiger partial charge in [0.2, 0.25) is 11.8 Å². The van der Waals surface area contributed by atoms with Gasteiger partial charge in [-0.1, -0.05) is 20.3 Å². The highest BCUT2D eigenvalue weighted by molar-refractivity contribution is 5.79. The molecule has 0 radical (unpaired) electrons. The monoisotopic (exact) mass is 435 g/mol. The number of piperazine rings is 1. The molecule has 1 heterocycles. The number of rotatable bonds is 10. The van der Waals surface area contributed by atoms with Crippen LogP contribution in [0.5, 0.6) is 0 Å². The third-order valence-corrected chi connectivity index (χ3v) is 4.85. The van der Waals surface area contributed by atoms with E-state index in [2.05, 4.69) is 15.6 Å². The molecular weight excluding hydrogens is 399 g/mol. The number of guanidine groups is 1. The molecule has 0 bridgehead atoms. The lowest BCUT2D eigenvalue weighted by Crippen LogP contribution is -2.50. The number of carbonyl (C=O) groups is 2. The second kappa shape index (κ2) is 13.3. The minimum absolute atomic E-state index is 0.114. The third kappa shape index (κ3) is 11.3. The summed E-state index contributed by atoms with van der Waals surface area (Å²) in [6.07, 6.45) is -1.68. The standard InChI is InChI=1S/C20H36F3N5O2/c1-16(2)15-18(30)28-13-11-27(12-14-28)17(29)7-5-4-6-9-25-19(24-3)26-10-8-20(21,22)23/h16H,4-15H2,1-3H3,(H2,24,25,26). The fourth-order valence-electron chi connectivity index (χ4n) is 3.17. The highest BCUT2D eigenvalue weighted by Gasteiger charge is 2.26. The molecule has 30 heavy (non-hydrogen) atoms. The Morgan fingerprint density at radius 1 is 0.933 bits per heavy atom. The number of amides is 2. The number of hydrogen-bond acceptors (Lipinski definition) is 3. The van der Waals surface area contributed by atoms with Crippen LogP contribution in [0.3, 0.4) is 0 Å². The highest BCUT2D eigenvalue weighted by Crippen LogP contribution is 2.18. The SMILES string of the molecule is CN=C(NCCCCCC(=O)N1CCN(C(=O)CC(C)C)CC1)NCCC(F)(F)F. The molecule has 0 aliphatic carbocycles. The van der Waals surface area contributed by atoms with E-state index in [0.717, 1.165) is 19.3 Å². The molecule has 0 aromatic heterocycles. The number of alkyl halides is 3. The predicted molar refractivity (Wildman–Crippen MR) is 111 cm³/mol. The van der Waals surface area contributed by atoms with Crippen molar-refractivity contribution in [2.24, 2.45) is 10.9 Å². The Kier molecular flexibility index (Phi) is 11.6. The Morgan fingerprint density at radius 3 is 2.03 bits per heavy atom. The van der Waals surface area contributed by atoms with E-state index in [1.54, 1.807) is 0 Å². The summed E-state index contributed by atoms with van der Waals surface area (Å²) in [7, 11) is 1.51. The van der Waals surface area contributed by atoms with Crippen LogP contribution in [0.2, 0.25) is 0 Å². The summed E-state index contributed by atoms with van der Waals surface area (Å²) in [5.74, 6) is 0.957. The second-order valence-corrected chi connectivity index (χ2v) is 7.96. The lowest BCUT2D eigenvalue weighted by Gasteiger charge is -2.35. The minimum Gasteiger partial charge on any atom is -0.356 e. The van der Waals surface area contributed by atoms with E-state index in [1.165, 1.54) is 7.05 Å². The van der Waals surface area contributed by atoms with Gasteiger partial charge in [-0.05, 0) is 18.8 Å². The molecule has 2 amide bonds. The van der Waals surface area contributed by atoms with Crippen molar-refractivity contribution in [2.45, 2.75) is 58.5 Å². The van der Waals surface area contributed by atoms with Gasteiger partial charge in [0.15, 0.2) is 5.96 Å². The third-order valence-electron chi connectivity index (χ3n) is 4.85. The number of nitrogens with zero attached hydrogens (tertiary/aromatic N) is 3. The van der Waals surface area contributed by atoms with Gasteiger partial charge in [-0.2, -0.15) is 13.2 Å². The van der Waals surface area contributed by atoms with Gasteiger partial charge in [0.05, 0.1) is 6.42 Å². The van der Waals surface area contributed by atoms with Gasteiger partial charge in [-0.15, -0.1) is 0 Å². The lowest BCUT2D eigenvalue weighted by molar-refractivity contribution is -0.140. The number of unbranched alkanes of at least 4 members (excludes halogenated alkanes) is 2. The highest BCUT2D eigenvalue weighted by atomic mass is 19.4. The molecule has 2 N–H and O–H groups in total. The number of hydrogen-bond donors (Lipinski definition) is 2. The van der Waals surface area contributed by atoms with E-state index in [-0.39, 0.29) is 18.4 Å². The van der Waals surface area contributed by atoms with Crippen LogP contribution in [0.25, 0.3) is 0 Å². The Balaban J connectivity index is 2.11. The molecule has 1 saturated heterocycles. The molecule has 0 saturated carbocycles. The van der Waals surface area contributed by atoms with Crippen LogP contribution in [0.15, 0.2) is 4.99 Å². The molecule has 0 aromatic rings. The fraction of sp³-hybridized carbons (Fsp3) is 0.850. The molecule has 1 fully saturated rings. The zero-order valence-corrected chi connectivity index (χ0v) is 18.4. The molecule has 174 valence electrons. The normalized spacial score (nSPS) is 15.5. The summed E-state index contributed by atoms with van der Waals surface area (Å²) in [6, 6.07) is 0. The maximum atomic E-state index is 12.3. The van der Waals surface area contributed by atoms with Gasteiger partial charge in [-0.25, -0.2) is 0 Å². The number of carbonyl (C=O) groups excluding carboxylic acids is 2. The van der Waals surface area contributed by atoms with Gasteiger partial charge in [0.1, 0.15) is 0 Å². The Labute approximate surface area is 177 Å². The van der Waals surface area contributed by atoms with Crippen molar-refractivity contribution in [2.75, 3.05) is 46.3 Å². The minimum atomic E-state index is -4.19. The largest absolute Gasteiger partial charge is 0.390 e. The van der Waals surface area contributed by atoms with Crippen molar-refractivity contribution in [3.05, 3.63) is 0 Å². The van der Waals surface area contributed by atoms with E-state index >= 15 is 0 Å². The Morgan fingerprint density at radius 2 is 1.50 bits per heavy atom. The van der Waals surface area contributed by atoms with E-state index < -0.39 is 12.6 Å².